The van der Waals surface area contributed by atoms with E-state index >= 15 is 0 Å². The van der Waals surface area contributed by atoms with Crippen LogP contribution in [0, 0.1) is 6.92 Å². The zero-order valence-corrected chi connectivity index (χ0v) is 13.3. The third kappa shape index (κ3) is 2.84. The molecule has 2 heterocycles. The molecule has 0 radical (unpaired) electrons. The second-order valence-electron chi connectivity index (χ2n) is 6.07. The minimum atomic E-state index is 0.829. The van der Waals surface area contributed by atoms with Gasteiger partial charge in [0, 0.05) is 24.2 Å². The van der Waals surface area contributed by atoms with E-state index in [4.69, 9.17) is 9.97 Å². The molecule has 0 amide bonds. The first-order valence-corrected chi connectivity index (χ1v) is 8.15. The maximum Gasteiger partial charge on any atom is 0.227 e. The predicted molar refractivity (Wildman–Crippen MR) is 95.4 cm³/mol. The summed E-state index contributed by atoms with van der Waals surface area (Å²) in [7, 11) is 0. The smallest absolute Gasteiger partial charge is 0.227 e. The SMILES string of the molecule is Cc1ccc(Nc2nc(N3CCCC3)nc3ccccc23)cc1. The first-order chi connectivity index (χ1) is 11.3. The topological polar surface area (TPSA) is 41.1 Å². The highest BCUT2D eigenvalue weighted by Gasteiger charge is 2.17. The van der Waals surface area contributed by atoms with Crippen LogP contribution in [0.4, 0.5) is 17.5 Å². The Morgan fingerprint density at radius 2 is 1.65 bits per heavy atom. The van der Waals surface area contributed by atoms with Gasteiger partial charge in [-0.05, 0) is 44.0 Å². The zero-order chi connectivity index (χ0) is 15.6. The van der Waals surface area contributed by atoms with Crippen molar-refractivity contribution < 1.29 is 0 Å². The molecule has 23 heavy (non-hydrogen) atoms. The van der Waals surface area contributed by atoms with Gasteiger partial charge in [0.15, 0.2) is 0 Å². The lowest BCUT2D eigenvalue weighted by Gasteiger charge is -2.18. The maximum atomic E-state index is 4.80. The molecule has 0 aliphatic carbocycles. The standard InChI is InChI=1S/C19H20N4/c1-14-8-10-15(11-9-14)20-18-16-6-2-3-7-17(16)21-19(22-18)23-12-4-5-13-23/h2-3,6-11H,4-5,12-13H2,1H3,(H,20,21,22). The second kappa shape index (κ2) is 5.88. The fourth-order valence-corrected chi connectivity index (χ4v) is 2.99. The van der Waals surface area contributed by atoms with Gasteiger partial charge in [0.25, 0.3) is 0 Å². The number of nitrogens with zero attached hydrogens (tertiary/aromatic N) is 3. The van der Waals surface area contributed by atoms with Gasteiger partial charge in [0.2, 0.25) is 5.95 Å². The van der Waals surface area contributed by atoms with Crippen LogP contribution in [0.25, 0.3) is 10.9 Å². The number of aromatic nitrogens is 2. The van der Waals surface area contributed by atoms with Gasteiger partial charge >= 0.3 is 0 Å². The number of rotatable bonds is 3. The average Bonchev–Trinajstić information content (AvgIpc) is 3.11. The molecular weight excluding hydrogens is 284 g/mol. The number of fused-ring (bicyclic) bond motifs is 1. The van der Waals surface area contributed by atoms with Crippen molar-refractivity contribution in [3.05, 3.63) is 54.1 Å². The fourth-order valence-electron chi connectivity index (χ4n) is 2.99. The van der Waals surface area contributed by atoms with Crippen LogP contribution >= 0.6 is 0 Å². The third-order valence-electron chi connectivity index (χ3n) is 4.29. The molecule has 1 N–H and O–H groups in total. The Morgan fingerprint density at radius 1 is 0.913 bits per heavy atom. The largest absolute Gasteiger partial charge is 0.341 e. The minimum Gasteiger partial charge on any atom is -0.341 e. The van der Waals surface area contributed by atoms with E-state index in [1.807, 2.05) is 12.1 Å². The van der Waals surface area contributed by atoms with Gasteiger partial charge in [0.1, 0.15) is 5.82 Å². The molecule has 1 aliphatic rings. The summed E-state index contributed by atoms with van der Waals surface area (Å²) in [5.41, 5.74) is 3.28. The van der Waals surface area contributed by atoms with E-state index in [2.05, 4.69) is 53.5 Å². The molecule has 4 rings (SSSR count). The predicted octanol–water partition coefficient (Wildman–Crippen LogP) is 4.28. The third-order valence-corrected chi connectivity index (χ3v) is 4.29. The first-order valence-electron chi connectivity index (χ1n) is 8.15. The zero-order valence-electron chi connectivity index (χ0n) is 13.3. The average molecular weight is 304 g/mol. The number of nitrogens with one attached hydrogen (secondary N) is 1. The molecule has 0 bridgehead atoms. The number of anilines is 3. The van der Waals surface area contributed by atoms with E-state index in [0.29, 0.717) is 0 Å². The Bertz CT molecular complexity index is 820. The van der Waals surface area contributed by atoms with E-state index in [1.165, 1.54) is 18.4 Å². The summed E-state index contributed by atoms with van der Waals surface area (Å²) in [4.78, 5) is 11.8. The van der Waals surface area contributed by atoms with Gasteiger partial charge in [-0.25, -0.2) is 4.98 Å². The minimum absolute atomic E-state index is 0.829. The normalized spacial score (nSPS) is 14.4. The van der Waals surface area contributed by atoms with Gasteiger partial charge in [-0.15, -0.1) is 0 Å². The monoisotopic (exact) mass is 304 g/mol. The highest BCUT2D eigenvalue weighted by atomic mass is 15.3. The van der Waals surface area contributed by atoms with Crippen LogP contribution in [0.1, 0.15) is 18.4 Å². The lowest BCUT2D eigenvalue weighted by molar-refractivity contribution is 0.909. The molecular formula is C19H20N4. The van der Waals surface area contributed by atoms with E-state index in [9.17, 15) is 0 Å². The van der Waals surface area contributed by atoms with Gasteiger partial charge in [-0.1, -0.05) is 29.8 Å². The molecule has 0 atom stereocenters. The summed E-state index contributed by atoms with van der Waals surface area (Å²) >= 11 is 0. The van der Waals surface area contributed by atoms with E-state index in [-0.39, 0.29) is 0 Å². The molecule has 0 unspecified atom stereocenters. The van der Waals surface area contributed by atoms with E-state index in [0.717, 1.165) is 41.4 Å². The van der Waals surface area contributed by atoms with E-state index < -0.39 is 0 Å². The fraction of sp³-hybridized carbons (Fsp3) is 0.263. The van der Waals surface area contributed by atoms with Crippen molar-refractivity contribution in [2.75, 3.05) is 23.3 Å². The highest BCUT2D eigenvalue weighted by molar-refractivity contribution is 5.91. The molecule has 2 aromatic carbocycles. The Kier molecular flexibility index (Phi) is 3.58. The number of benzene rings is 2. The van der Waals surface area contributed by atoms with Crippen molar-refractivity contribution in [2.45, 2.75) is 19.8 Å². The van der Waals surface area contributed by atoms with Crippen molar-refractivity contribution in [2.24, 2.45) is 0 Å². The molecule has 1 aromatic heterocycles. The Balaban J connectivity index is 1.77. The van der Waals surface area contributed by atoms with Crippen molar-refractivity contribution in [3.63, 3.8) is 0 Å². The van der Waals surface area contributed by atoms with Crippen LogP contribution in [-0.4, -0.2) is 23.1 Å². The summed E-state index contributed by atoms with van der Waals surface area (Å²) in [5.74, 6) is 1.71. The Morgan fingerprint density at radius 3 is 2.43 bits per heavy atom. The van der Waals surface area contributed by atoms with Gasteiger partial charge in [0.05, 0.1) is 5.52 Å². The lowest BCUT2D eigenvalue weighted by Crippen LogP contribution is -2.20. The molecule has 0 saturated carbocycles. The number of para-hydroxylation sites is 1. The summed E-state index contributed by atoms with van der Waals surface area (Å²) in [6.07, 6.45) is 2.44. The Hall–Kier alpha value is -2.62. The molecule has 3 aromatic rings. The summed E-state index contributed by atoms with van der Waals surface area (Å²) in [6, 6.07) is 16.6. The second-order valence-corrected chi connectivity index (χ2v) is 6.07. The van der Waals surface area contributed by atoms with E-state index in [1.54, 1.807) is 0 Å². The molecule has 4 heteroatoms. The van der Waals surface area contributed by atoms with Crippen molar-refractivity contribution >= 4 is 28.4 Å². The Labute approximate surface area is 136 Å². The summed E-state index contributed by atoms with van der Waals surface area (Å²) < 4.78 is 0. The lowest BCUT2D eigenvalue weighted by atomic mass is 10.2. The maximum absolute atomic E-state index is 4.80. The molecule has 0 spiro atoms. The highest BCUT2D eigenvalue weighted by Crippen LogP contribution is 2.27. The molecule has 1 fully saturated rings. The molecule has 1 aliphatic heterocycles. The molecule has 116 valence electrons. The van der Waals surface area contributed by atoms with Gasteiger partial charge < -0.3 is 10.2 Å². The summed E-state index contributed by atoms with van der Waals surface area (Å²) in [5, 5.41) is 4.51. The van der Waals surface area contributed by atoms with Crippen molar-refractivity contribution in [3.8, 4) is 0 Å². The van der Waals surface area contributed by atoms with Crippen molar-refractivity contribution in [1.29, 1.82) is 0 Å². The van der Waals surface area contributed by atoms with Crippen LogP contribution in [-0.2, 0) is 0 Å². The number of aryl methyl sites for hydroxylation is 1. The molecule has 4 nitrogen and oxygen atoms in total. The van der Waals surface area contributed by atoms with Crippen LogP contribution in [0.5, 0.6) is 0 Å². The van der Waals surface area contributed by atoms with Crippen molar-refractivity contribution in [1.82, 2.24) is 9.97 Å². The van der Waals surface area contributed by atoms with Crippen LogP contribution < -0.4 is 10.2 Å². The van der Waals surface area contributed by atoms with Gasteiger partial charge in [-0.3, -0.25) is 0 Å². The summed E-state index contributed by atoms with van der Waals surface area (Å²) in [6.45, 7) is 4.18. The first kappa shape index (κ1) is 14.0. The van der Waals surface area contributed by atoms with Gasteiger partial charge in [-0.2, -0.15) is 4.98 Å². The number of hydrogen-bond donors (Lipinski definition) is 1. The molecule has 1 saturated heterocycles. The quantitative estimate of drug-likeness (QED) is 0.784. The number of hydrogen-bond acceptors (Lipinski definition) is 4. The van der Waals surface area contributed by atoms with Crippen LogP contribution in [0.3, 0.4) is 0 Å². The van der Waals surface area contributed by atoms with Crippen LogP contribution in [0.15, 0.2) is 48.5 Å². The van der Waals surface area contributed by atoms with Crippen LogP contribution in [0.2, 0.25) is 0 Å².